The predicted molar refractivity (Wildman–Crippen MR) is 120 cm³/mol. The third kappa shape index (κ3) is 4.23. The average Bonchev–Trinajstić information content (AvgIpc) is 3.08. The fourth-order valence-corrected chi connectivity index (χ4v) is 5.74. The van der Waals surface area contributed by atoms with Crippen LogP contribution in [0.15, 0.2) is 52.2 Å². The zero-order valence-corrected chi connectivity index (χ0v) is 18.9. The predicted octanol–water partition coefficient (Wildman–Crippen LogP) is 2.06. The Hall–Kier alpha value is -2.69. The summed E-state index contributed by atoms with van der Waals surface area (Å²) in [5, 5.41) is 0. The summed E-state index contributed by atoms with van der Waals surface area (Å²) < 4.78 is 34.7. The average molecular weight is 462 g/mol. The zero-order chi connectivity index (χ0) is 22.2. The number of carbonyl (C=O) groups excluding carboxylic acids is 1. The molecule has 10 heteroatoms. The number of amides is 1. The normalized spacial score (nSPS) is 14.7. The molecule has 31 heavy (non-hydrogen) atoms. The first-order chi connectivity index (χ1) is 14.8. The Labute approximate surface area is 184 Å². The van der Waals surface area contributed by atoms with Crippen molar-refractivity contribution in [3.05, 3.63) is 57.7 Å². The van der Waals surface area contributed by atoms with Crippen molar-refractivity contribution >= 4 is 43.2 Å². The second kappa shape index (κ2) is 8.45. The second-order valence-corrected chi connectivity index (χ2v) is 10.4. The molecule has 0 atom stereocenters. The molecule has 0 aliphatic carbocycles. The van der Waals surface area contributed by atoms with E-state index in [1.54, 1.807) is 29.2 Å². The first-order valence-corrected chi connectivity index (χ1v) is 12.1. The molecule has 0 saturated carbocycles. The van der Waals surface area contributed by atoms with Gasteiger partial charge < -0.3 is 9.64 Å². The lowest BCUT2D eigenvalue weighted by Gasteiger charge is -2.26. The van der Waals surface area contributed by atoms with E-state index < -0.39 is 10.0 Å². The maximum Gasteiger partial charge on any atom is 0.308 e. The van der Waals surface area contributed by atoms with Crippen LogP contribution in [0.2, 0.25) is 0 Å². The lowest BCUT2D eigenvalue weighted by atomic mass is 10.2. The van der Waals surface area contributed by atoms with E-state index in [-0.39, 0.29) is 22.2 Å². The highest BCUT2D eigenvalue weighted by Crippen LogP contribution is 2.27. The number of morpholine rings is 1. The summed E-state index contributed by atoms with van der Waals surface area (Å²) in [5.74, 6) is -0.152. The summed E-state index contributed by atoms with van der Waals surface area (Å²) in [6.45, 7) is 3.80. The molecule has 1 amide bonds. The largest absolute Gasteiger partial charge is 0.378 e. The molecule has 0 N–H and O–H groups in total. The summed E-state index contributed by atoms with van der Waals surface area (Å²) >= 11 is 0.937. The van der Waals surface area contributed by atoms with Gasteiger partial charge in [-0.25, -0.2) is 8.42 Å². The van der Waals surface area contributed by atoms with Crippen molar-refractivity contribution in [1.29, 1.82) is 0 Å². The van der Waals surface area contributed by atoms with E-state index in [4.69, 9.17) is 4.74 Å². The molecule has 1 saturated heterocycles. The number of nitrogens with zero attached hydrogens (tertiary/aromatic N) is 3. The van der Waals surface area contributed by atoms with E-state index in [0.29, 0.717) is 42.2 Å². The maximum absolute atomic E-state index is 13.1. The minimum Gasteiger partial charge on any atom is -0.378 e. The van der Waals surface area contributed by atoms with E-state index >= 15 is 0 Å². The maximum atomic E-state index is 13.1. The van der Waals surface area contributed by atoms with Crippen LogP contribution in [0, 0.1) is 6.92 Å². The van der Waals surface area contributed by atoms with Gasteiger partial charge in [-0.05, 0) is 42.8 Å². The summed E-state index contributed by atoms with van der Waals surface area (Å²) in [5.41, 5.74) is 2.06. The summed E-state index contributed by atoms with van der Waals surface area (Å²) in [4.78, 5) is 26.6. The first kappa shape index (κ1) is 21.5. The van der Waals surface area contributed by atoms with E-state index in [0.717, 1.165) is 16.9 Å². The van der Waals surface area contributed by atoms with Crippen LogP contribution in [0.25, 0.3) is 10.2 Å². The van der Waals surface area contributed by atoms with E-state index in [2.05, 4.69) is 0 Å². The van der Waals surface area contributed by atoms with Crippen molar-refractivity contribution in [3.8, 4) is 0 Å². The highest BCUT2D eigenvalue weighted by molar-refractivity contribution is 7.92. The Balaban J connectivity index is 1.64. The molecular weight excluding hydrogens is 438 g/mol. The lowest BCUT2D eigenvalue weighted by molar-refractivity contribution is -0.135. The Morgan fingerprint density at radius 2 is 1.90 bits per heavy atom. The molecule has 2 heterocycles. The Morgan fingerprint density at radius 1 is 1.16 bits per heavy atom. The fraction of sp³-hybridized carbons (Fsp3) is 0.333. The first-order valence-electron chi connectivity index (χ1n) is 9.82. The molecule has 1 aliphatic rings. The molecule has 164 valence electrons. The van der Waals surface area contributed by atoms with E-state index in [1.165, 1.54) is 28.1 Å². The van der Waals surface area contributed by atoms with Crippen molar-refractivity contribution in [2.24, 2.45) is 0 Å². The highest BCUT2D eigenvalue weighted by Gasteiger charge is 2.24. The monoisotopic (exact) mass is 461 g/mol. The van der Waals surface area contributed by atoms with Crippen LogP contribution >= 0.6 is 11.3 Å². The molecule has 8 nitrogen and oxygen atoms in total. The van der Waals surface area contributed by atoms with Gasteiger partial charge in [0.25, 0.3) is 10.0 Å². The highest BCUT2D eigenvalue weighted by atomic mass is 32.2. The summed E-state index contributed by atoms with van der Waals surface area (Å²) in [6, 6.07) is 11.8. The molecule has 0 spiro atoms. The van der Waals surface area contributed by atoms with Crippen molar-refractivity contribution < 1.29 is 17.9 Å². The van der Waals surface area contributed by atoms with Gasteiger partial charge in [0, 0.05) is 20.1 Å². The molecule has 0 unspecified atom stereocenters. The minimum atomic E-state index is -3.80. The quantitative estimate of drug-likeness (QED) is 0.580. The number of hydrogen-bond acceptors (Lipinski definition) is 6. The molecule has 1 aliphatic heterocycles. The van der Waals surface area contributed by atoms with Gasteiger partial charge in [0.15, 0.2) is 0 Å². The molecule has 1 fully saturated rings. The van der Waals surface area contributed by atoms with Crippen molar-refractivity contribution in [2.75, 3.05) is 37.7 Å². The zero-order valence-electron chi connectivity index (χ0n) is 17.3. The van der Waals surface area contributed by atoms with Gasteiger partial charge in [0.05, 0.1) is 34.0 Å². The van der Waals surface area contributed by atoms with Crippen LogP contribution in [-0.2, 0) is 26.1 Å². The number of aromatic nitrogens is 1. The topological polar surface area (TPSA) is 88.9 Å². The molecule has 3 aromatic rings. The van der Waals surface area contributed by atoms with Gasteiger partial charge in [0.1, 0.15) is 6.54 Å². The SMILES string of the molecule is Cc1cccc(N(C)S(=O)(=O)c2ccc3c(c2)sc(=O)n3CC(=O)N2CCOCC2)c1. The van der Waals surface area contributed by atoms with Crippen LogP contribution in [0.1, 0.15) is 5.56 Å². The standard InChI is InChI=1S/C21H23N3O5S2/c1-15-4-3-5-16(12-15)22(2)31(27,28)17-6-7-18-19(13-17)30-21(26)24(18)14-20(25)23-8-10-29-11-9-23/h3-7,12-13H,8-11,14H2,1-2H3. The second-order valence-electron chi connectivity index (χ2n) is 7.39. The summed E-state index contributed by atoms with van der Waals surface area (Å²) in [7, 11) is -2.30. The minimum absolute atomic E-state index is 0.0753. The number of anilines is 1. The van der Waals surface area contributed by atoms with Crippen molar-refractivity contribution in [1.82, 2.24) is 9.47 Å². The number of ether oxygens (including phenoxy) is 1. The number of hydrogen-bond donors (Lipinski definition) is 0. The van der Waals surface area contributed by atoms with Crippen LogP contribution in [0.3, 0.4) is 0 Å². The van der Waals surface area contributed by atoms with Crippen LogP contribution in [0.4, 0.5) is 5.69 Å². The van der Waals surface area contributed by atoms with Gasteiger partial charge in [-0.1, -0.05) is 23.5 Å². The van der Waals surface area contributed by atoms with Crippen molar-refractivity contribution in [2.45, 2.75) is 18.4 Å². The molecule has 0 bridgehead atoms. The van der Waals surface area contributed by atoms with E-state index in [9.17, 15) is 18.0 Å². The Kier molecular flexibility index (Phi) is 5.87. The van der Waals surface area contributed by atoms with Crippen LogP contribution in [-0.4, -0.2) is 57.1 Å². The smallest absolute Gasteiger partial charge is 0.308 e. The molecular formula is C21H23N3O5S2. The third-order valence-electron chi connectivity index (χ3n) is 5.32. The lowest BCUT2D eigenvalue weighted by Crippen LogP contribution is -2.43. The Bertz CT molecular complexity index is 1290. The molecule has 2 aromatic carbocycles. The number of rotatable bonds is 5. The van der Waals surface area contributed by atoms with Gasteiger partial charge in [-0.15, -0.1) is 0 Å². The Morgan fingerprint density at radius 3 is 2.61 bits per heavy atom. The number of sulfonamides is 1. The van der Waals surface area contributed by atoms with Gasteiger partial charge in [-0.3, -0.25) is 18.5 Å². The summed E-state index contributed by atoms with van der Waals surface area (Å²) in [6.07, 6.45) is 0. The molecule has 4 rings (SSSR count). The fourth-order valence-electron chi connectivity index (χ4n) is 3.53. The van der Waals surface area contributed by atoms with Gasteiger partial charge in [0.2, 0.25) is 5.91 Å². The van der Waals surface area contributed by atoms with E-state index in [1.807, 2.05) is 13.0 Å². The van der Waals surface area contributed by atoms with Crippen LogP contribution < -0.4 is 9.18 Å². The number of thiazole rings is 1. The van der Waals surface area contributed by atoms with Gasteiger partial charge >= 0.3 is 4.87 Å². The third-order valence-corrected chi connectivity index (χ3v) is 8.04. The number of benzene rings is 2. The number of fused-ring (bicyclic) bond motifs is 1. The molecule has 1 aromatic heterocycles. The number of aryl methyl sites for hydroxylation is 1. The van der Waals surface area contributed by atoms with Crippen molar-refractivity contribution in [3.63, 3.8) is 0 Å². The molecule has 0 radical (unpaired) electrons. The van der Waals surface area contributed by atoms with Crippen LogP contribution in [0.5, 0.6) is 0 Å². The number of carbonyl (C=O) groups is 1. The van der Waals surface area contributed by atoms with Gasteiger partial charge in [-0.2, -0.15) is 0 Å².